The van der Waals surface area contributed by atoms with Crippen molar-refractivity contribution in [2.45, 2.75) is 0 Å². The van der Waals surface area contributed by atoms with Crippen LogP contribution in [0.3, 0.4) is 0 Å². The number of fused-ring (bicyclic) bond motifs is 1. The smallest absolute Gasteiger partial charge is 0.359 e. The molecule has 0 fully saturated rings. The first-order chi connectivity index (χ1) is 12.5. The van der Waals surface area contributed by atoms with Crippen LogP contribution in [-0.4, -0.2) is 35.7 Å². The molecule has 26 heavy (non-hydrogen) atoms. The number of carbonyl (C=O) groups excluding carboxylic acids is 2. The van der Waals surface area contributed by atoms with Gasteiger partial charge in [-0.25, -0.2) is 14.3 Å². The summed E-state index contributed by atoms with van der Waals surface area (Å²) in [5, 5.41) is 6.49. The second-order valence-corrected chi connectivity index (χ2v) is 5.30. The van der Waals surface area contributed by atoms with Crippen LogP contribution in [0.25, 0.3) is 10.8 Å². The van der Waals surface area contributed by atoms with Crippen LogP contribution in [0.15, 0.2) is 47.3 Å². The van der Waals surface area contributed by atoms with Crippen molar-refractivity contribution in [2.24, 2.45) is 0 Å². The molecule has 0 aliphatic rings. The maximum atomic E-state index is 13.7. The molecule has 0 saturated carbocycles. The molecule has 1 aromatic heterocycles. The summed E-state index contributed by atoms with van der Waals surface area (Å²) in [5.74, 6) is -2.16. The number of rotatable bonds is 5. The van der Waals surface area contributed by atoms with Gasteiger partial charge in [0.05, 0.1) is 12.5 Å². The van der Waals surface area contributed by atoms with Crippen LogP contribution in [0.5, 0.6) is 5.75 Å². The summed E-state index contributed by atoms with van der Waals surface area (Å²) in [6, 6.07) is 10.1. The second-order valence-electron chi connectivity index (χ2n) is 5.30. The number of Topliss-reactive ketones (excluding diaryl/α,β-unsaturated/α-hetero) is 1. The summed E-state index contributed by atoms with van der Waals surface area (Å²) in [6.45, 7) is -0.597. The van der Waals surface area contributed by atoms with Gasteiger partial charge in [0.2, 0.25) is 0 Å². The minimum absolute atomic E-state index is 0.00227. The molecule has 0 radical (unpaired) electrons. The number of hydrogen-bond acceptors (Lipinski definition) is 6. The van der Waals surface area contributed by atoms with E-state index in [1.54, 1.807) is 18.2 Å². The predicted octanol–water partition coefficient (Wildman–Crippen LogP) is 2.11. The molecule has 0 unspecified atom stereocenters. The summed E-state index contributed by atoms with van der Waals surface area (Å²) in [4.78, 5) is 36.0. The number of aromatic amines is 1. The lowest BCUT2D eigenvalue weighted by molar-refractivity contribution is 0.0470. The molecule has 3 rings (SSSR count). The quantitative estimate of drug-likeness (QED) is 0.555. The maximum Gasteiger partial charge on any atom is 0.359 e. The van der Waals surface area contributed by atoms with E-state index in [0.29, 0.717) is 5.39 Å². The molecule has 1 heterocycles. The number of aromatic nitrogens is 2. The average molecular weight is 356 g/mol. The van der Waals surface area contributed by atoms with Crippen LogP contribution in [0.4, 0.5) is 4.39 Å². The normalized spacial score (nSPS) is 10.5. The van der Waals surface area contributed by atoms with Gasteiger partial charge in [0, 0.05) is 10.9 Å². The molecule has 0 atom stereocenters. The van der Waals surface area contributed by atoms with Gasteiger partial charge in [-0.3, -0.25) is 9.59 Å². The van der Waals surface area contributed by atoms with E-state index in [1.165, 1.54) is 25.3 Å². The number of methoxy groups -OCH3 is 1. The Balaban J connectivity index is 1.77. The number of H-pyrrole nitrogens is 1. The molecular weight excluding hydrogens is 343 g/mol. The third-order valence-electron chi connectivity index (χ3n) is 3.70. The summed E-state index contributed by atoms with van der Waals surface area (Å²) < 4.78 is 23.4. The Morgan fingerprint density at radius 3 is 2.58 bits per heavy atom. The van der Waals surface area contributed by atoms with Crippen LogP contribution < -0.4 is 10.3 Å². The molecule has 1 N–H and O–H groups in total. The van der Waals surface area contributed by atoms with E-state index < -0.39 is 29.7 Å². The van der Waals surface area contributed by atoms with E-state index in [2.05, 4.69) is 10.2 Å². The molecule has 0 bridgehead atoms. The van der Waals surface area contributed by atoms with Crippen LogP contribution in [0.1, 0.15) is 20.8 Å². The van der Waals surface area contributed by atoms with Gasteiger partial charge in [-0.15, -0.1) is 0 Å². The molecule has 0 spiro atoms. The molecule has 8 heteroatoms. The number of carbonyl (C=O) groups is 2. The summed E-state index contributed by atoms with van der Waals surface area (Å²) in [6.07, 6.45) is 0. The van der Waals surface area contributed by atoms with Gasteiger partial charge in [-0.05, 0) is 24.3 Å². The van der Waals surface area contributed by atoms with E-state index in [0.717, 1.165) is 6.07 Å². The lowest BCUT2D eigenvalue weighted by Gasteiger charge is -2.07. The van der Waals surface area contributed by atoms with Crippen molar-refractivity contribution < 1.29 is 23.5 Å². The number of esters is 1. The molecule has 0 amide bonds. The minimum Gasteiger partial charge on any atom is -0.494 e. The molecule has 0 saturated heterocycles. The first-order valence-corrected chi connectivity index (χ1v) is 7.52. The second kappa shape index (κ2) is 7.14. The zero-order valence-electron chi connectivity index (χ0n) is 13.6. The Labute approximate surface area is 146 Å². The summed E-state index contributed by atoms with van der Waals surface area (Å²) in [5.41, 5.74) is -0.522. The number of hydrogen-bond donors (Lipinski definition) is 1. The van der Waals surface area contributed by atoms with Crippen molar-refractivity contribution >= 4 is 22.5 Å². The van der Waals surface area contributed by atoms with Gasteiger partial charge in [0.1, 0.15) is 0 Å². The SMILES string of the molecule is COc1ccc(C(=O)COC(=O)c2n[nH]c(=O)c3ccccc23)cc1F. The lowest BCUT2D eigenvalue weighted by atomic mass is 10.1. The Hall–Kier alpha value is -3.55. The first-order valence-electron chi connectivity index (χ1n) is 7.52. The number of nitrogens with one attached hydrogen (secondary N) is 1. The Bertz CT molecular complexity index is 1060. The summed E-state index contributed by atoms with van der Waals surface area (Å²) >= 11 is 0. The minimum atomic E-state index is -0.875. The topological polar surface area (TPSA) is 98.3 Å². The molecule has 132 valence electrons. The summed E-state index contributed by atoms with van der Waals surface area (Å²) in [7, 11) is 1.31. The largest absolute Gasteiger partial charge is 0.494 e. The number of benzene rings is 2. The average Bonchev–Trinajstić information content (AvgIpc) is 2.66. The van der Waals surface area contributed by atoms with E-state index in [9.17, 15) is 18.8 Å². The standard InChI is InChI=1S/C18H13FN2O5/c1-25-15-7-6-10(8-13(15)19)14(22)9-26-18(24)16-11-4-2-3-5-12(11)17(23)21-20-16/h2-8H,9H2,1H3,(H,21,23). The van der Waals surface area contributed by atoms with E-state index >= 15 is 0 Å². The fourth-order valence-corrected chi connectivity index (χ4v) is 2.39. The number of nitrogens with zero attached hydrogens (tertiary/aromatic N) is 1. The fraction of sp³-hybridized carbons (Fsp3) is 0.111. The highest BCUT2D eigenvalue weighted by Crippen LogP contribution is 2.18. The molecule has 2 aromatic carbocycles. The van der Waals surface area contributed by atoms with Crippen molar-refractivity contribution in [3.8, 4) is 5.75 Å². The zero-order valence-corrected chi connectivity index (χ0v) is 13.6. The van der Waals surface area contributed by atoms with Crippen LogP contribution >= 0.6 is 0 Å². The predicted molar refractivity (Wildman–Crippen MR) is 89.9 cm³/mol. The van der Waals surface area contributed by atoms with Gasteiger partial charge in [0.15, 0.2) is 29.7 Å². The highest BCUT2D eigenvalue weighted by atomic mass is 19.1. The monoisotopic (exact) mass is 356 g/mol. The molecule has 3 aromatic rings. The zero-order chi connectivity index (χ0) is 18.7. The maximum absolute atomic E-state index is 13.7. The van der Waals surface area contributed by atoms with Crippen LogP contribution in [0, 0.1) is 5.82 Å². The highest BCUT2D eigenvalue weighted by Gasteiger charge is 2.18. The molecule has 0 aliphatic carbocycles. The van der Waals surface area contributed by atoms with Crippen molar-refractivity contribution in [3.63, 3.8) is 0 Å². The molecule has 0 aliphatic heterocycles. The van der Waals surface area contributed by atoms with Crippen molar-refractivity contribution in [1.29, 1.82) is 0 Å². The van der Waals surface area contributed by atoms with Crippen molar-refractivity contribution in [3.05, 3.63) is 69.9 Å². The third-order valence-corrected chi connectivity index (χ3v) is 3.70. The van der Waals surface area contributed by atoms with E-state index in [1.807, 2.05) is 0 Å². The fourth-order valence-electron chi connectivity index (χ4n) is 2.39. The van der Waals surface area contributed by atoms with E-state index in [-0.39, 0.29) is 22.4 Å². The first kappa shape index (κ1) is 17.3. The highest BCUT2D eigenvalue weighted by molar-refractivity contribution is 6.04. The third kappa shape index (κ3) is 3.30. The molecular formula is C18H13FN2O5. The van der Waals surface area contributed by atoms with Crippen LogP contribution in [0.2, 0.25) is 0 Å². The Kier molecular flexibility index (Phi) is 4.74. The Morgan fingerprint density at radius 2 is 1.88 bits per heavy atom. The van der Waals surface area contributed by atoms with E-state index in [4.69, 9.17) is 9.47 Å². The lowest BCUT2D eigenvalue weighted by Crippen LogP contribution is -2.19. The molecule has 7 nitrogen and oxygen atoms in total. The van der Waals surface area contributed by atoms with Gasteiger partial charge in [-0.1, -0.05) is 18.2 Å². The van der Waals surface area contributed by atoms with Crippen molar-refractivity contribution in [2.75, 3.05) is 13.7 Å². The van der Waals surface area contributed by atoms with Gasteiger partial charge < -0.3 is 9.47 Å². The number of halogens is 1. The number of ether oxygens (including phenoxy) is 2. The van der Waals surface area contributed by atoms with Gasteiger partial charge in [0.25, 0.3) is 5.56 Å². The Morgan fingerprint density at radius 1 is 1.15 bits per heavy atom. The van der Waals surface area contributed by atoms with Crippen LogP contribution in [-0.2, 0) is 4.74 Å². The number of ketones is 1. The van der Waals surface area contributed by atoms with Crippen molar-refractivity contribution in [1.82, 2.24) is 10.2 Å². The van der Waals surface area contributed by atoms with Gasteiger partial charge >= 0.3 is 5.97 Å². The van der Waals surface area contributed by atoms with Gasteiger partial charge in [-0.2, -0.15) is 5.10 Å².